The molecule has 2 aromatic rings. The maximum absolute atomic E-state index is 12.3. The minimum absolute atomic E-state index is 0.0338. The van der Waals surface area contributed by atoms with Gasteiger partial charge in [0.05, 0.1) is 0 Å². The zero-order valence-electron chi connectivity index (χ0n) is 13.1. The van der Waals surface area contributed by atoms with E-state index in [4.69, 9.17) is 0 Å². The van der Waals surface area contributed by atoms with Gasteiger partial charge >= 0.3 is 0 Å². The number of hydrogen-bond acceptors (Lipinski definition) is 3. The van der Waals surface area contributed by atoms with Gasteiger partial charge in [-0.1, -0.05) is 30.3 Å². The molecule has 1 aromatic heterocycles. The Bertz CT molecular complexity index is 658. The molecular formula is C18H23N3O. The summed E-state index contributed by atoms with van der Waals surface area (Å²) in [5.74, 6) is 1.32. The first-order chi connectivity index (χ1) is 10.8. The van der Waals surface area contributed by atoms with Crippen molar-refractivity contribution in [1.29, 1.82) is 0 Å². The molecule has 4 heteroatoms. The van der Waals surface area contributed by atoms with Gasteiger partial charge in [-0.05, 0) is 37.7 Å². The van der Waals surface area contributed by atoms with Gasteiger partial charge < -0.3 is 9.47 Å². The van der Waals surface area contributed by atoms with E-state index in [1.807, 2.05) is 6.92 Å². The summed E-state index contributed by atoms with van der Waals surface area (Å²) in [6, 6.07) is 10.7. The number of aryl methyl sites for hydroxylation is 1. The molecule has 3 rings (SSSR count). The standard InChI is InChI=1S/C18H23N3O/c1-2-20-13-10-19-17(18(20)22)21-11-8-16(9-12-21)14-15-6-4-3-5-7-15/h3-7,10,13,16H,2,8-9,11-12,14H2,1H3. The lowest BCUT2D eigenvalue weighted by Gasteiger charge is -2.32. The summed E-state index contributed by atoms with van der Waals surface area (Å²) >= 11 is 0. The van der Waals surface area contributed by atoms with Gasteiger partial charge in [0.2, 0.25) is 0 Å². The third-order valence-electron chi connectivity index (χ3n) is 4.52. The number of anilines is 1. The molecule has 4 nitrogen and oxygen atoms in total. The van der Waals surface area contributed by atoms with Crippen LogP contribution < -0.4 is 10.5 Å². The molecule has 0 saturated carbocycles. The van der Waals surface area contributed by atoms with E-state index < -0.39 is 0 Å². The molecule has 1 aliphatic heterocycles. The summed E-state index contributed by atoms with van der Waals surface area (Å²) in [5.41, 5.74) is 1.44. The Morgan fingerprint density at radius 2 is 1.91 bits per heavy atom. The first kappa shape index (κ1) is 14.8. The van der Waals surface area contributed by atoms with Crippen LogP contribution in [0.25, 0.3) is 0 Å². The fraction of sp³-hybridized carbons (Fsp3) is 0.444. The third-order valence-corrected chi connectivity index (χ3v) is 4.52. The predicted octanol–water partition coefficient (Wildman–Crippen LogP) is 2.72. The van der Waals surface area contributed by atoms with Crippen LogP contribution in [0.2, 0.25) is 0 Å². The lowest BCUT2D eigenvalue weighted by molar-refractivity contribution is 0.401. The minimum atomic E-state index is 0.0338. The second-order valence-corrected chi connectivity index (χ2v) is 5.96. The van der Waals surface area contributed by atoms with E-state index >= 15 is 0 Å². The largest absolute Gasteiger partial charge is 0.352 e. The van der Waals surface area contributed by atoms with Crippen LogP contribution >= 0.6 is 0 Å². The molecule has 0 aliphatic carbocycles. The van der Waals surface area contributed by atoms with Crippen LogP contribution in [0.3, 0.4) is 0 Å². The van der Waals surface area contributed by atoms with E-state index in [2.05, 4.69) is 40.2 Å². The Hall–Kier alpha value is -2.10. The molecule has 0 spiro atoms. The number of rotatable bonds is 4. The number of benzene rings is 1. The fourth-order valence-electron chi connectivity index (χ4n) is 3.20. The summed E-state index contributed by atoms with van der Waals surface area (Å²) in [6.07, 6.45) is 6.87. The van der Waals surface area contributed by atoms with Crippen molar-refractivity contribution in [3.63, 3.8) is 0 Å². The molecule has 0 radical (unpaired) electrons. The van der Waals surface area contributed by atoms with Crippen molar-refractivity contribution in [3.05, 3.63) is 58.6 Å². The minimum Gasteiger partial charge on any atom is -0.352 e. The molecule has 1 aliphatic rings. The van der Waals surface area contributed by atoms with E-state index in [-0.39, 0.29) is 5.56 Å². The second-order valence-electron chi connectivity index (χ2n) is 5.96. The third kappa shape index (κ3) is 3.21. The summed E-state index contributed by atoms with van der Waals surface area (Å²) < 4.78 is 1.72. The number of piperidine rings is 1. The molecule has 1 aromatic carbocycles. The molecule has 1 saturated heterocycles. The first-order valence-corrected chi connectivity index (χ1v) is 8.12. The lowest BCUT2D eigenvalue weighted by atomic mass is 9.90. The fourth-order valence-corrected chi connectivity index (χ4v) is 3.20. The van der Waals surface area contributed by atoms with Crippen LogP contribution in [-0.2, 0) is 13.0 Å². The first-order valence-electron chi connectivity index (χ1n) is 8.12. The molecule has 0 amide bonds. The maximum Gasteiger partial charge on any atom is 0.293 e. The van der Waals surface area contributed by atoms with Gasteiger partial charge in [0, 0.05) is 32.0 Å². The van der Waals surface area contributed by atoms with Crippen LogP contribution in [0.1, 0.15) is 25.3 Å². The molecule has 0 unspecified atom stereocenters. The number of aromatic nitrogens is 2. The van der Waals surface area contributed by atoms with Crippen LogP contribution in [0.4, 0.5) is 5.82 Å². The van der Waals surface area contributed by atoms with Crippen LogP contribution in [-0.4, -0.2) is 22.6 Å². The van der Waals surface area contributed by atoms with Gasteiger partial charge in [-0.15, -0.1) is 0 Å². The summed E-state index contributed by atoms with van der Waals surface area (Å²) in [4.78, 5) is 18.8. The number of hydrogen-bond donors (Lipinski definition) is 0. The monoisotopic (exact) mass is 297 g/mol. The van der Waals surface area contributed by atoms with Gasteiger partial charge in [0.1, 0.15) is 0 Å². The van der Waals surface area contributed by atoms with Crippen molar-refractivity contribution in [2.45, 2.75) is 32.7 Å². The Labute approximate surface area is 131 Å². The van der Waals surface area contributed by atoms with Gasteiger partial charge in [-0.25, -0.2) is 4.98 Å². The quantitative estimate of drug-likeness (QED) is 0.871. The molecule has 0 bridgehead atoms. The van der Waals surface area contributed by atoms with Crippen molar-refractivity contribution < 1.29 is 0 Å². The van der Waals surface area contributed by atoms with Crippen molar-refractivity contribution in [2.24, 2.45) is 5.92 Å². The SMILES string of the molecule is CCn1ccnc(N2CCC(Cc3ccccc3)CC2)c1=O. The highest BCUT2D eigenvalue weighted by molar-refractivity contribution is 5.36. The van der Waals surface area contributed by atoms with Crippen molar-refractivity contribution in [3.8, 4) is 0 Å². The molecule has 22 heavy (non-hydrogen) atoms. The highest BCUT2D eigenvalue weighted by atomic mass is 16.1. The van der Waals surface area contributed by atoms with Crippen LogP contribution in [0.5, 0.6) is 0 Å². The Kier molecular flexibility index (Phi) is 4.56. The summed E-state index contributed by atoms with van der Waals surface area (Å²) in [7, 11) is 0. The highest BCUT2D eigenvalue weighted by Crippen LogP contribution is 2.23. The van der Waals surface area contributed by atoms with Gasteiger partial charge in [-0.3, -0.25) is 4.79 Å². The van der Waals surface area contributed by atoms with Crippen molar-refractivity contribution in [1.82, 2.24) is 9.55 Å². The smallest absolute Gasteiger partial charge is 0.293 e. The summed E-state index contributed by atoms with van der Waals surface area (Å²) in [5, 5.41) is 0. The van der Waals surface area contributed by atoms with E-state index in [9.17, 15) is 4.79 Å². The normalized spacial score (nSPS) is 16.0. The zero-order valence-corrected chi connectivity index (χ0v) is 13.1. The average molecular weight is 297 g/mol. The van der Waals surface area contributed by atoms with Gasteiger partial charge in [-0.2, -0.15) is 0 Å². The van der Waals surface area contributed by atoms with Gasteiger partial charge in [0.25, 0.3) is 5.56 Å². The highest BCUT2D eigenvalue weighted by Gasteiger charge is 2.22. The van der Waals surface area contributed by atoms with Crippen LogP contribution in [0.15, 0.2) is 47.5 Å². The molecule has 0 N–H and O–H groups in total. The Morgan fingerprint density at radius 1 is 1.18 bits per heavy atom. The van der Waals surface area contributed by atoms with E-state index in [0.717, 1.165) is 32.4 Å². The molecular weight excluding hydrogens is 274 g/mol. The zero-order chi connectivity index (χ0) is 15.4. The van der Waals surface area contributed by atoms with Crippen molar-refractivity contribution in [2.75, 3.05) is 18.0 Å². The lowest BCUT2D eigenvalue weighted by Crippen LogP contribution is -2.39. The van der Waals surface area contributed by atoms with E-state index in [1.165, 1.54) is 5.56 Å². The van der Waals surface area contributed by atoms with E-state index in [1.54, 1.807) is 17.0 Å². The average Bonchev–Trinajstić information content (AvgIpc) is 2.57. The molecule has 2 heterocycles. The Balaban J connectivity index is 1.64. The van der Waals surface area contributed by atoms with Crippen molar-refractivity contribution >= 4 is 5.82 Å². The predicted molar refractivity (Wildman–Crippen MR) is 89.3 cm³/mol. The number of nitrogens with zero attached hydrogens (tertiary/aromatic N) is 3. The summed E-state index contributed by atoms with van der Waals surface area (Å²) in [6.45, 7) is 4.52. The second kappa shape index (κ2) is 6.77. The molecule has 0 atom stereocenters. The van der Waals surface area contributed by atoms with Gasteiger partial charge in [0.15, 0.2) is 5.82 Å². The topological polar surface area (TPSA) is 38.1 Å². The van der Waals surface area contributed by atoms with Crippen LogP contribution in [0, 0.1) is 5.92 Å². The molecule has 1 fully saturated rings. The van der Waals surface area contributed by atoms with E-state index in [0.29, 0.717) is 18.3 Å². The molecule has 116 valence electrons. The Morgan fingerprint density at radius 3 is 2.59 bits per heavy atom. The maximum atomic E-state index is 12.3.